The van der Waals surface area contributed by atoms with Crippen molar-refractivity contribution in [1.29, 1.82) is 0 Å². The molecule has 122 valence electrons. The van der Waals surface area contributed by atoms with E-state index in [1.165, 1.54) is 31.4 Å². The van der Waals surface area contributed by atoms with Crippen molar-refractivity contribution in [3.05, 3.63) is 81.5 Å². The topological polar surface area (TPSA) is 98.5 Å². The first-order chi connectivity index (χ1) is 11.5. The Bertz CT molecular complexity index is 800. The third kappa shape index (κ3) is 4.26. The largest absolute Gasteiger partial charge is 0.464 e. The Balaban J connectivity index is 2.31. The third-order valence-corrected chi connectivity index (χ3v) is 3.08. The fourth-order valence-corrected chi connectivity index (χ4v) is 1.93. The number of nitrogens with zero attached hydrogens (tertiary/aromatic N) is 1. The van der Waals surface area contributed by atoms with Gasteiger partial charge in [0, 0.05) is 17.7 Å². The van der Waals surface area contributed by atoms with Crippen LogP contribution in [0.1, 0.15) is 15.9 Å². The van der Waals surface area contributed by atoms with Crippen molar-refractivity contribution in [1.82, 2.24) is 5.32 Å². The highest BCUT2D eigenvalue weighted by Crippen LogP contribution is 2.16. The first-order valence-corrected chi connectivity index (χ1v) is 6.92. The zero-order valence-corrected chi connectivity index (χ0v) is 12.8. The Labute approximate surface area is 137 Å². The van der Waals surface area contributed by atoms with Crippen molar-refractivity contribution in [2.45, 2.75) is 0 Å². The molecule has 0 spiro atoms. The van der Waals surface area contributed by atoms with E-state index in [2.05, 4.69) is 10.1 Å². The lowest BCUT2D eigenvalue weighted by Gasteiger charge is -2.08. The van der Waals surface area contributed by atoms with Crippen molar-refractivity contribution in [3.8, 4) is 0 Å². The second-order valence-corrected chi connectivity index (χ2v) is 4.72. The van der Waals surface area contributed by atoms with E-state index < -0.39 is 16.8 Å². The fraction of sp³-hybridized carbons (Fsp3) is 0.0588. The number of nitrogens with one attached hydrogen (secondary N) is 1. The van der Waals surface area contributed by atoms with Crippen LogP contribution in [0.15, 0.2) is 60.3 Å². The highest BCUT2D eigenvalue weighted by molar-refractivity contribution is 6.03. The van der Waals surface area contributed by atoms with Gasteiger partial charge in [0.05, 0.1) is 12.0 Å². The Kier molecular flexibility index (Phi) is 5.40. The predicted octanol–water partition coefficient (Wildman–Crippen LogP) is 2.54. The van der Waals surface area contributed by atoms with Gasteiger partial charge in [0.1, 0.15) is 5.70 Å². The van der Waals surface area contributed by atoms with Gasteiger partial charge < -0.3 is 10.1 Å². The van der Waals surface area contributed by atoms with Crippen LogP contribution in [-0.2, 0) is 9.53 Å². The molecule has 0 saturated carbocycles. The van der Waals surface area contributed by atoms with Gasteiger partial charge in [-0.3, -0.25) is 14.9 Å². The van der Waals surface area contributed by atoms with Crippen molar-refractivity contribution in [3.63, 3.8) is 0 Å². The molecule has 0 heterocycles. The Hall–Kier alpha value is -3.48. The van der Waals surface area contributed by atoms with Crippen LogP contribution in [0.3, 0.4) is 0 Å². The highest BCUT2D eigenvalue weighted by atomic mass is 16.6. The summed E-state index contributed by atoms with van der Waals surface area (Å²) >= 11 is 0. The summed E-state index contributed by atoms with van der Waals surface area (Å²) in [5, 5.41) is 13.3. The molecule has 0 aliphatic carbocycles. The molecule has 0 aromatic heterocycles. The lowest BCUT2D eigenvalue weighted by molar-refractivity contribution is -0.384. The maximum atomic E-state index is 12.2. The first kappa shape index (κ1) is 16.9. The Morgan fingerprint density at radius 1 is 1.12 bits per heavy atom. The third-order valence-electron chi connectivity index (χ3n) is 3.08. The zero-order valence-electron chi connectivity index (χ0n) is 12.8. The summed E-state index contributed by atoms with van der Waals surface area (Å²) < 4.78 is 4.64. The monoisotopic (exact) mass is 326 g/mol. The average Bonchev–Trinajstić information content (AvgIpc) is 2.61. The Morgan fingerprint density at radius 3 is 2.46 bits per heavy atom. The molecule has 0 aliphatic heterocycles. The molecule has 0 saturated heterocycles. The number of carbonyl (C=O) groups excluding carboxylic acids is 2. The summed E-state index contributed by atoms with van der Waals surface area (Å²) in [6.07, 6.45) is 1.32. The lowest BCUT2D eigenvalue weighted by Crippen LogP contribution is -2.28. The number of methoxy groups -OCH3 is 1. The minimum absolute atomic E-state index is 0.119. The quantitative estimate of drug-likeness (QED) is 0.394. The van der Waals surface area contributed by atoms with E-state index in [0.717, 1.165) is 0 Å². The summed E-state index contributed by atoms with van der Waals surface area (Å²) in [4.78, 5) is 34.3. The van der Waals surface area contributed by atoms with Gasteiger partial charge in [0.2, 0.25) is 0 Å². The smallest absolute Gasteiger partial charge is 0.354 e. The molecule has 0 unspecified atom stereocenters. The molecule has 1 amide bonds. The number of hydrogen-bond acceptors (Lipinski definition) is 5. The SMILES string of the molecule is COC(=O)/C(=C\c1cccc([N+](=O)[O-])c1)NC(=O)c1ccccc1. The van der Waals surface area contributed by atoms with Gasteiger partial charge >= 0.3 is 5.97 Å². The maximum Gasteiger partial charge on any atom is 0.354 e. The van der Waals surface area contributed by atoms with Gasteiger partial charge in [0.25, 0.3) is 11.6 Å². The van der Waals surface area contributed by atoms with Crippen molar-refractivity contribution >= 4 is 23.6 Å². The molecule has 24 heavy (non-hydrogen) atoms. The summed E-state index contributed by atoms with van der Waals surface area (Å²) in [5.74, 6) is -1.25. The molecule has 2 rings (SSSR count). The van der Waals surface area contributed by atoms with Crippen LogP contribution in [0.4, 0.5) is 5.69 Å². The van der Waals surface area contributed by atoms with Gasteiger partial charge in [-0.2, -0.15) is 0 Å². The van der Waals surface area contributed by atoms with E-state index in [0.29, 0.717) is 11.1 Å². The van der Waals surface area contributed by atoms with Crippen molar-refractivity contribution < 1.29 is 19.2 Å². The van der Waals surface area contributed by atoms with Gasteiger partial charge in [-0.05, 0) is 23.8 Å². The van der Waals surface area contributed by atoms with Crippen LogP contribution < -0.4 is 5.32 Å². The van der Waals surface area contributed by atoms with Crippen LogP contribution in [0, 0.1) is 10.1 Å². The van der Waals surface area contributed by atoms with Gasteiger partial charge in [0.15, 0.2) is 0 Å². The van der Waals surface area contributed by atoms with Crippen molar-refractivity contribution in [2.75, 3.05) is 7.11 Å². The number of hydrogen-bond donors (Lipinski definition) is 1. The lowest BCUT2D eigenvalue weighted by atomic mass is 10.1. The first-order valence-electron chi connectivity index (χ1n) is 6.92. The van der Waals surface area contributed by atoms with Crippen LogP contribution in [-0.4, -0.2) is 23.9 Å². The molecule has 0 bridgehead atoms. The van der Waals surface area contributed by atoms with Crippen LogP contribution in [0.2, 0.25) is 0 Å². The highest BCUT2D eigenvalue weighted by Gasteiger charge is 2.15. The predicted molar refractivity (Wildman–Crippen MR) is 87.0 cm³/mol. The molecule has 2 aromatic rings. The van der Waals surface area contributed by atoms with Gasteiger partial charge in [-0.15, -0.1) is 0 Å². The number of carbonyl (C=O) groups is 2. The zero-order chi connectivity index (χ0) is 17.5. The maximum absolute atomic E-state index is 12.2. The molecule has 0 fully saturated rings. The summed E-state index contributed by atoms with van der Waals surface area (Å²) in [6.45, 7) is 0. The van der Waals surface area contributed by atoms with E-state index >= 15 is 0 Å². The Morgan fingerprint density at radius 2 is 1.83 bits per heavy atom. The molecule has 0 aliphatic rings. The van der Waals surface area contributed by atoms with Crippen LogP contribution >= 0.6 is 0 Å². The number of nitro groups is 1. The number of rotatable bonds is 5. The molecule has 7 nitrogen and oxygen atoms in total. The summed E-state index contributed by atoms with van der Waals surface area (Å²) in [6, 6.07) is 14.0. The van der Waals surface area contributed by atoms with Crippen molar-refractivity contribution in [2.24, 2.45) is 0 Å². The number of non-ortho nitro benzene ring substituents is 1. The second kappa shape index (κ2) is 7.68. The van der Waals surface area contributed by atoms with Gasteiger partial charge in [-0.25, -0.2) is 4.79 Å². The van der Waals surface area contributed by atoms with Crippen LogP contribution in [0.5, 0.6) is 0 Å². The molecule has 0 atom stereocenters. The van der Waals surface area contributed by atoms with Crippen LogP contribution in [0.25, 0.3) is 6.08 Å². The molecule has 7 heteroatoms. The number of nitro benzene ring substituents is 1. The fourth-order valence-electron chi connectivity index (χ4n) is 1.93. The minimum atomic E-state index is -0.759. The van der Waals surface area contributed by atoms with E-state index in [-0.39, 0.29) is 11.4 Å². The second-order valence-electron chi connectivity index (χ2n) is 4.72. The average molecular weight is 326 g/mol. The summed E-state index contributed by atoms with van der Waals surface area (Å²) in [7, 11) is 1.18. The molecule has 1 N–H and O–H groups in total. The normalized spacial score (nSPS) is 10.8. The van der Waals surface area contributed by atoms with E-state index in [4.69, 9.17) is 0 Å². The van der Waals surface area contributed by atoms with E-state index in [1.807, 2.05) is 0 Å². The molecule has 2 aromatic carbocycles. The molecular formula is C17H14N2O5. The number of amides is 1. The van der Waals surface area contributed by atoms with E-state index in [9.17, 15) is 19.7 Å². The van der Waals surface area contributed by atoms with Gasteiger partial charge in [-0.1, -0.05) is 30.3 Å². The minimum Gasteiger partial charge on any atom is -0.464 e. The molecule has 0 radical (unpaired) electrons. The number of ether oxygens (including phenoxy) is 1. The number of benzene rings is 2. The number of esters is 1. The molecular weight excluding hydrogens is 312 g/mol. The summed E-state index contributed by atoms with van der Waals surface area (Å²) in [5.41, 5.74) is 0.513. The standard InChI is InChI=1S/C17H14N2O5/c1-24-17(21)15(18-16(20)13-7-3-2-4-8-13)11-12-6-5-9-14(10-12)19(22)23/h2-11H,1H3,(H,18,20)/b15-11+. The van der Waals surface area contributed by atoms with E-state index in [1.54, 1.807) is 36.4 Å².